The molecule has 21 heavy (non-hydrogen) atoms. The second kappa shape index (κ2) is 7.62. The highest BCUT2D eigenvalue weighted by molar-refractivity contribution is 5.76. The van der Waals surface area contributed by atoms with Crippen LogP contribution in [0, 0.1) is 0 Å². The molecule has 1 aromatic carbocycles. The number of carbonyl (C=O) groups excluding carboxylic acids is 1. The Morgan fingerprint density at radius 3 is 2.67 bits per heavy atom. The Labute approximate surface area is 126 Å². The SMILES string of the molecule is CCCCCC(=O)NC(c1ccccc1)c1nccn1C. The van der Waals surface area contributed by atoms with Gasteiger partial charge in [-0.15, -0.1) is 0 Å². The molecule has 1 N–H and O–H groups in total. The van der Waals surface area contributed by atoms with Gasteiger partial charge in [-0.2, -0.15) is 0 Å². The summed E-state index contributed by atoms with van der Waals surface area (Å²) in [5, 5.41) is 3.11. The van der Waals surface area contributed by atoms with E-state index in [1.54, 1.807) is 6.20 Å². The van der Waals surface area contributed by atoms with Gasteiger partial charge in [-0.3, -0.25) is 4.79 Å². The van der Waals surface area contributed by atoms with Gasteiger partial charge in [0.1, 0.15) is 11.9 Å². The summed E-state index contributed by atoms with van der Waals surface area (Å²) in [4.78, 5) is 16.6. The standard InChI is InChI=1S/C17H23N3O/c1-3-4-6-11-15(21)19-16(14-9-7-5-8-10-14)17-18-12-13-20(17)2/h5,7-10,12-13,16H,3-4,6,11H2,1-2H3,(H,19,21). The lowest BCUT2D eigenvalue weighted by molar-refractivity contribution is -0.121. The number of aromatic nitrogens is 2. The number of nitrogens with zero attached hydrogens (tertiary/aromatic N) is 2. The van der Waals surface area contributed by atoms with Gasteiger partial charge in [0.25, 0.3) is 0 Å². The molecule has 0 fully saturated rings. The third kappa shape index (κ3) is 4.18. The van der Waals surface area contributed by atoms with E-state index in [1.165, 1.54) is 0 Å². The lowest BCUT2D eigenvalue weighted by Gasteiger charge is -2.19. The van der Waals surface area contributed by atoms with Crippen LogP contribution in [0.2, 0.25) is 0 Å². The van der Waals surface area contributed by atoms with Crippen molar-refractivity contribution in [1.82, 2.24) is 14.9 Å². The van der Waals surface area contributed by atoms with Crippen molar-refractivity contribution in [3.8, 4) is 0 Å². The molecule has 112 valence electrons. The molecule has 0 radical (unpaired) electrons. The fraction of sp³-hybridized carbons (Fsp3) is 0.412. The first-order chi connectivity index (χ1) is 10.2. The van der Waals surface area contributed by atoms with Crippen LogP contribution in [0.4, 0.5) is 0 Å². The number of amides is 1. The second-order valence-corrected chi connectivity index (χ2v) is 5.26. The van der Waals surface area contributed by atoms with E-state index in [0.717, 1.165) is 30.7 Å². The summed E-state index contributed by atoms with van der Waals surface area (Å²) in [7, 11) is 1.95. The predicted molar refractivity (Wildman–Crippen MR) is 83.8 cm³/mol. The molecule has 0 aliphatic rings. The molecule has 0 aliphatic heterocycles. The van der Waals surface area contributed by atoms with E-state index in [4.69, 9.17) is 0 Å². The maximum absolute atomic E-state index is 12.2. The van der Waals surface area contributed by atoms with Crippen molar-refractivity contribution >= 4 is 5.91 Å². The van der Waals surface area contributed by atoms with E-state index >= 15 is 0 Å². The van der Waals surface area contributed by atoms with Gasteiger partial charge in [0, 0.05) is 25.9 Å². The minimum Gasteiger partial charge on any atom is -0.342 e. The Hall–Kier alpha value is -2.10. The largest absolute Gasteiger partial charge is 0.342 e. The van der Waals surface area contributed by atoms with Crippen LogP contribution in [0.3, 0.4) is 0 Å². The molecule has 1 atom stereocenters. The molecule has 0 spiro atoms. The average Bonchev–Trinajstić information content (AvgIpc) is 2.92. The summed E-state index contributed by atoms with van der Waals surface area (Å²) in [6, 6.07) is 9.78. The molecule has 4 heteroatoms. The number of unbranched alkanes of at least 4 members (excludes halogenated alkanes) is 2. The minimum absolute atomic E-state index is 0.0836. The quantitative estimate of drug-likeness (QED) is 0.794. The zero-order chi connectivity index (χ0) is 15.1. The zero-order valence-corrected chi connectivity index (χ0v) is 12.7. The number of hydrogen-bond donors (Lipinski definition) is 1. The topological polar surface area (TPSA) is 46.9 Å². The van der Waals surface area contributed by atoms with Gasteiger partial charge < -0.3 is 9.88 Å². The Balaban J connectivity index is 2.14. The molecule has 1 heterocycles. The van der Waals surface area contributed by atoms with Crippen LogP contribution in [0.1, 0.15) is 50.0 Å². The number of benzene rings is 1. The molecule has 1 amide bonds. The van der Waals surface area contributed by atoms with Crippen LogP contribution in [0.15, 0.2) is 42.7 Å². The first-order valence-electron chi connectivity index (χ1n) is 7.54. The van der Waals surface area contributed by atoms with Crippen LogP contribution >= 0.6 is 0 Å². The van der Waals surface area contributed by atoms with Crippen molar-refractivity contribution in [2.45, 2.75) is 38.6 Å². The molecule has 0 bridgehead atoms. The number of nitrogens with one attached hydrogen (secondary N) is 1. The van der Waals surface area contributed by atoms with E-state index in [0.29, 0.717) is 6.42 Å². The molecule has 0 aliphatic carbocycles. The summed E-state index contributed by atoms with van der Waals surface area (Å²) >= 11 is 0. The molecule has 2 aromatic rings. The van der Waals surface area contributed by atoms with Crippen LogP contribution in [-0.4, -0.2) is 15.5 Å². The van der Waals surface area contributed by atoms with Crippen LogP contribution in [0.5, 0.6) is 0 Å². The zero-order valence-electron chi connectivity index (χ0n) is 12.7. The first kappa shape index (κ1) is 15.3. The molecule has 1 unspecified atom stereocenters. The van der Waals surface area contributed by atoms with Crippen molar-refractivity contribution in [2.24, 2.45) is 7.05 Å². The van der Waals surface area contributed by atoms with Crippen molar-refractivity contribution in [2.75, 3.05) is 0 Å². The van der Waals surface area contributed by atoms with Gasteiger partial charge in [0.2, 0.25) is 5.91 Å². The highest BCUT2D eigenvalue weighted by Crippen LogP contribution is 2.20. The Morgan fingerprint density at radius 1 is 1.29 bits per heavy atom. The smallest absolute Gasteiger partial charge is 0.220 e. The molecule has 0 saturated carbocycles. The van der Waals surface area contributed by atoms with Crippen molar-refractivity contribution in [3.63, 3.8) is 0 Å². The van der Waals surface area contributed by atoms with Crippen molar-refractivity contribution < 1.29 is 4.79 Å². The normalized spacial score (nSPS) is 12.1. The Kier molecular flexibility index (Phi) is 5.55. The number of rotatable bonds is 7. The molecule has 1 aromatic heterocycles. The van der Waals surface area contributed by atoms with Gasteiger partial charge in [0.15, 0.2) is 0 Å². The summed E-state index contributed by atoms with van der Waals surface area (Å²) < 4.78 is 1.95. The van der Waals surface area contributed by atoms with E-state index in [2.05, 4.69) is 17.2 Å². The maximum atomic E-state index is 12.2. The Morgan fingerprint density at radius 2 is 2.05 bits per heavy atom. The number of carbonyl (C=O) groups is 1. The fourth-order valence-electron chi connectivity index (χ4n) is 2.37. The molecule has 2 rings (SSSR count). The third-order valence-corrected chi connectivity index (χ3v) is 3.56. The van der Waals surface area contributed by atoms with E-state index in [-0.39, 0.29) is 11.9 Å². The monoisotopic (exact) mass is 285 g/mol. The van der Waals surface area contributed by atoms with E-state index < -0.39 is 0 Å². The van der Waals surface area contributed by atoms with E-state index in [9.17, 15) is 4.79 Å². The molecular weight excluding hydrogens is 262 g/mol. The van der Waals surface area contributed by atoms with Gasteiger partial charge in [-0.1, -0.05) is 50.1 Å². The summed E-state index contributed by atoms with van der Waals surface area (Å²) in [5.41, 5.74) is 1.05. The molecule has 4 nitrogen and oxygen atoms in total. The van der Waals surface area contributed by atoms with Gasteiger partial charge in [0.05, 0.1) is 0 Å². The summed E-state index contributed by atoms with van der Waals surface area (Å²) in [5.74, 6) is 0.936. The third-order valence-electron chi connectivity index (χ3n) is 3.56. The number of imidazole rings is 1. The lowest BCUT2D eigenvalue weighted by Crippen LogP contribution is -2.30. The number of hydrogen-bond acceptors (Lipinski definition) is 2. The van der Waals surface area contributed by atoms with Crippen molar-refractivity contribution in [1.29, 1.82) is 0 Å². The average molecular weight is 285 g/mol. The van der Waals surface area contributed by atoms with Crippen LogP contribution < -0.4 is 5.32 Å². The van der Waals surface area contributed by atoms with Crippen LogP contribution in [-0.2, 0) is 11.8 Å². The predicted octanol–water partition coefficient (Wildman–Crippen LogP) is 3.21. The maximum Gasteiger partial charge on any atom is 0.220 e. The van der Waals surface area contributed by atoms with Gasteiger partial charge in [-0.05, 0) is 12.0 Å². The number of aryl methyl sites for hydroxylation is 1. The fourth-order valence-corrected chi connectivity index (χ4v) is 2.37. The minimum atomic E-state index is -0.194. The van der Waals surface area contributed by atoms with Gasteiger partial charge in [-0.25, -0.2) is 4.98 Å². The molecule has 0 saturated heterocycles. The highest BCUT2D eigenvalue weighted by atomic mass is 16.1. The highest BCUT2D eigenvalue weighted by Gasteiger charge is 2.20. The molecular formula is C17H23N3O. The summed E-state index contributed by atoms with van der Waals surface area (Å²) in [6.45, 7) is 2.14. The van der Waals surface area contributed by atoms with Gasteiger partial charge >= 0.3 is 0 Å². The Bertz CT molecular complexity index is 562. The van der Waals surface area contributed by atoms with Crippen molar-refractivity contribution in [3.05, 3.63) is 54.1 Å². The lowest BCUT2D eigenvalue weighted by atomic mass is 10.1. The summed E-state index contributed by atoms with van der Waals surface area (Å²) in [6.07, 6.45) is 7.37. The van der Waals surface area contributed by atoms with Crippen LogP contribution in [0.25, 0.3) is 0 Å². The van der Waals surface area contributed by atoms with E-state index in [1.807, 2.05) is 48.1 Å². The second-order valence-electron chi connectivity index (χ2n) is 5.26. The first-order valence-corrected chi connectivity index (χ1v) is 7.54.